The molecule has 0 bridgehead atoms. The second kappa shape index (κ2) is 11.2. The van der Waals surface area contributed by atoms with E-state index >= 15 is 0 Å². The number of methoxy groups -OCH3 is 2. The van der Waals surface area contributed by atoms with E-state index in [4.69, 9.17) is 32.7 Å². The van der Waals surface area contributed by atoms with E-state index in [1.165, 1.54) is 44.7 Å². The van der Waals surface area contributed by atoms with Gasteiger partial charge in [-0.2, -0.15) is 5.10 Å². The molecule has 0 aliphatic rings. The number of nitrogens with zero attached hydrogens (tertiary/aromatic N) is 2. The van der Waals surface area contributed by atoms with Gasteiger partial charge in [-0.05, 0) is 36.4 Å². The molecule has 0 atom stereocenters. The van der Waals surface area contributed by atoms with Crippen molar-refractivity contribution in [2.75, 3.05) is 25.1 Å². The zero-order chi connectivity index (χ0) is 24.7. The van der Waals surface area contributed by atoms with E-state index in [1.54, 1.807) is 42.5 Å². The summed E-state index contributed by atoms with van der Waals surface area (Å²) in [5.41, 5.74) is 2.98. The van der Waals surface area contributed by atoms with Gasteiger partial charge in [0, 0.05) is 16.7 Å². The summed E-state index contributed by atoms with van der Waals surface area (Å²) < 4.78 is 38.5. The van der Waals surface area contributed by atoms with E-state index in [-0.39, 0.29) is 16.3 Å². The van der Waals surface area contributed by atoms with Gasteiger partial charge in [-0.25, -0.2) is 13.8 Å². The maximum atomic E-state index is 13.5. The van der Waals surface area contributed by atoms with Gasteiger partial charge in [-0.3, -0.25) is 9.10 Å². The van der Waals surface area contributed by atoms with E-state index in [0.29, 0.717) is 21.4 Å². The van der Waals surface area contributed by atoms with E-state index in [1.807, 2.05) is 0 Å². The van der Waals surface area contributed by atoms with Gasteiger partial charge in [-0.15, -0.1) is 0 Å². The van der Waals surface area contributed by atoms with Crippen molar-refractivity contribution in [1.82, 2.24) is 5.43 Å². The first-order chi connectivity index (χ1) is 16.3. The zero-order valence-electron chi connectivity index (χ0n) is 18.2. The van der Waals surface area contributed by atoms with Crippen molar-refractivity contribution in [1.29, 1.82) is 0 Å². The highest BCUT2D eigenvalue weighted by Gasteiger charge is 2.29. The number of carbonyl (C=O) groups is 1. The minimum Gasteiger partial charge on any atom is -0.497 e. The van der Waals surface area contributed by atoms with E-state index in [2.05, 4.69) is 10.5 Å². The standard InChI is InChI=1S/C23H21Cl2N3O5S/c1-32-18-10-11-22(33-2)21(13-18)28(34(30,31)19-6-4-3-5-7-19)15-23(29)27-26-14-16-8-9-17(24)12-20(16)25/h3-14H,15H2,1-2H3,(H,27,29)/b26-14-. The Hall–Kier alpha value is -3.27. The van der Waals surface area contributed by atoms with Gasteiger partial charge in [0.2, 0.25) is 0 Å². The van der Waals surface area contributed by atoms with Crippen molar-refractivity contribution in [2.24, 2.45) is 5.10 Å². The van der Waals surface area contributed by atoms with Crippen LogP contribution in [0.5, 0.6) is 11.5 Å². The Morgan fingerprint density at radius 2 is 1.76 bits per heavy atom. The van der Waals surface area contributed by atoms with Crippen molar-refractivity contribution in [3.05, 3.63) is 82.3 Å². The first-order valence-corrected chi connectivity index (χ1v) is 12.0. The molecule has 0 heterocycles. The summed E-state index contributed by atoms with van der Waals surface area (Å²) in [6, 6.07) is 17.2. The molecule has 0 saturated heterocycles. The molecule has 8 nitrogen and oxygen atoms in total. The average Bonchev–Trinajstić information content (AvgIpc) is 2.84. The Balaban J connectivity index is 1.93. The van der Waals surface area contributed by atoms with Crippen LogP contribution in [0.25, 0.3) is 0 Å². The summed E-state index contributed by atoms with van der Waals surface area (Å²) in [5, 5.41) is 4.69. The summed E-state index contributed by atoms with van der Waals surface area (Å²) in [6.45, 7) is -0.577. The SMILES string of the molecule is COc1ccc(OC)c(N(CC(=O)N/N=C\c2ccc(Cl)cc2Cl)S(=O)(=O)c2ccccc2)c1. The smallest absolute Gasteiger partial charge is 0.264 e. The third kappa shape index (κ3) is 5.99. The van der Waals surface area contributed by atoms with Crippen molar-refractivity contribution >= 4 is 51.0 Å². The number of rotatable bonds is 9. The monoisotopic (exact) mass is 521 g/mol. The molecule has 3 aromatic rings. The third-order valence-corrected chi connectivity index (χ3v) is 6.96. The lowest BCUT2D eigenvalue weighted by Crippen LogP contribution is -2.39. The molecule has 0 radical (unpaired) electrons. The summed E-state index contributed by atoms with van der Waals surface area (Å²) >= 11 is 12.0. The Bertz CT molecular complexity index is 1300. The number of sulfonamides is 1. The fraction of sp³-hybridized carbons (Fsp3) is 0.130. The predicted molar refractivity (Wildman–Crippen MR) is 133 cm³/mol. The van der Waals surface area contributed by atoms with E-state index < -0.39 is 22.5 Å². The maximum absolute atomic E-state index is 13.5. The van der Waals surface area contributed by atoms with Gasteiger partial charge in [0.1, 0.15) is 18.0 Å². The third-order valence-electron chi connectivity index (χ3n) is 4.63. The van der Waals surface area contributed by atoms with Gasteiger partial charge in [-0.1, -0.05) is 47.5 Å². The predicted octanol–water partition coefficient (Wildman–Crippen LogP) is 4.36. The molecule has 0 aliphatic carbocycles. The number of hydrogen-bond donors (Lipinski definition) is 1. The summed E-state index contributed by atoms with van der Waals surface area (Å²) in [5.74, 6) is -0.0601. The number of benzene rings is 3. The topological polar surface area (TPSA) is 97.3 Å². The lowest BCUT2D eigenvalue weighted by Gasteiger charge is -2.25. The molecule has 34 heavy (non-hydrogen) atoms. The highest BCUT2D eigenvalue weighted by Crippen LogP contribution is 2.35. The number of halogens is 2. The fourth-order valence-electron chi connectivity index (χ4n) is 2.96. The largest absolute Gasteiger partial charge is 0.497 e. The molecule has 0 aromatic heterocycles. The molecule has 11 heteroatoms. The van der Waals surface area contributed by atoms with Crippen molar-refractivity contribution in [3.63, 3.8) is 0 Å². The van der Waals surface area contributed by atoms with Crippen molar-refractivity contribution in [2.45, 2.75) is 4.90 Å². The summed E-state index contributed by atoms with van der Waals surface area (Å²) in [7, 11) is -1.30. The van der Waals surface area contributed by atoms with Crippen molar-refractivity contribution < 1.29 is 22.7 Å². The highest BCUT2D eigenvalue weighted by molar-refractivity contribution is 7.92. The maximum Gasteiger partial charge on any atom is 0.264 e. The number of anilines is 1. The van der Waals surface area contributed by atoms with Crippen LogP contribution in [0.1, 0.15) is 5.56 Å². The zero-order valence-corrected chi connectivity index (χ0v) is 20.6. The minimum absolute atomic E-state index is 0.00382. The first kappa shape index (κ1) is 25.4. The van der Waals surface area contributed by atoms with Crippen LogP contribution in [0.4, 0.5) is 5.69 Å². The Kier molecular flexibility index (Phi) is 8.38. The molecule has 178 valence electrons. The Labute approximate surface area is 207 Å². The number of hydrazone groups is 1. The first-order valence-electron chi connectivity index (χ1n) is 9.83. The molecule has 0 aliphatic heterocycles. The van der Waals surface area contributed by atoms with Gasteiger partial charge < -0.3 is 9.47 Å². The van der Waals surface area contributed by atoms with Crippen LogP contribution in [0, 0.1) is 0 Å². The molecule has 1 N–H and O–H groups in total. The molecule has 0 spiro atoms. The highest BCUT2D eigenvalue weighted by atomic mass is 35.5. The van der Waals surface area contributed by atoms with Crippen LogP contribution in [0.15, 0.2) is 76.7 Å². The van der Waals surface area contributed by atoms with E-state index in [0.717, 1.165) is 4.31 Å². The Morgan fingerprint density at radius 3 is 2.41 bits per heavy atom. The van der Waals surface area contributed by atoms with Crippen LogP contribution in [0.3, 0.4) is 0 Å². The lowest BCUT2D eigenvalue weighted by molar-refractivity contribution is -0.119. The summed E-state index contributed by atoms with van der Waals surface area (Å²) in [4.78, 5) is 12.7. The number of ether oxygens (including phenoxy) is 2. The molecule has 3 rings (SSSR count). The van der Waals surface area contributed by atoms with Gasteiger partial charge in [0.25, 0.3) is 15.9 Å². The van der Waals surface area contributed by atoms with Crippen LogP contribution in [0.2, 0.25) is 10.0 Å². The second-order valence-corrected chi connectivity index (χ2v) is 9.53. The lowest BCUT2D eigenvalue weighted by atomic mass is 10.2. The second-order valence-electron chi connectivity index (χ2n) is 6.82. The normalized spacial score (nSPS) is 11.3. The average molecular weight is 522 g/mol. The number of hydrogen-bond acceptors (Lipinski definition) is 6. The van der Waals surface area contributed by atoms with Crippen LogP contribution >= 0.6 is 23.2 Å². The van der Waals surface area contributed by atoms with Crippen LogP contribution < -0.4 is 19.2 Å². The molecule has 1 amide bonds. The molecule has 0 saturated carbocycles. The van der Waals surface area contributed by atoms with Crippen LogP contribution in [-0.2, 0) is 14.8 Å². The Morgan fingerprint density at radius 1 is 1.03 bits per heavy atom. The fourth-order valence-corrected chi connectivity index (χ4v) is 4.86. The number of carbonyl (C=O) groups excluding carboxylic acids is 1. The van der Waals surface area contributed by atoms with E-state index in [9.17, 15) is 13.2 Å². The molecule has 3 aromatic carbocycles. The summed E-state index contributed by atoms with van der Waals surface area (Å²) in [6.07, 6.45) is 1.33. The number of nitrogens with one attached hydrogen (secondary N) is 1. The van der Waals surface area contributed by atoms with Gasteiger partial charge >= 0.3 is 0 Å². The molecule has 0 unspecified atom stereocenters. The van der Waals surface area contributed by atoms with Gasteiger partial charge in [0.15, 0.2) is 0 Å². The van der Waals surface area contributed by atoms with Crippen molar-refractivity contribution in [3.8, 4) is 11.5 Å². The quantitative estimate of drug-likeness (QED) is 0.333. The molecular formula is C23H21Cl2N3O5S. The minimum atomic E-state index is -4.15. The number of amides is 1. The van der Waals surface area contributed by atoms with Gasteiger partial charge in [0.05, 0.1) is 36.0 Å². The molecular weight excluding hydrogens is 501 g/mol. The van der Waals surface area contributed by atoms with Crippen LogP contribution in [-0.4, -0.2) is 41.3 Å². The molecule has 0 fully saturated rings.